The van der Waals surface area contributed by atoms with Gasteiger partial charge >= 0.3 is 0 Å². The summed E-state index contributed by atoms with van der Waals surface area (Å²) in [6.07, 6.45) is 0.921. The van der Waals surface area contributed by atoms with Crippen LogP contribution in [-0.2, 0) is 14.8 Å². The summed E-state index contributed by atoms with van der Waals surface area (Å²) in [7, 11) is -3.82. The van der Waals surface area contributed by atoms with Gasteiger partial charge in [0, 0.05) is 0 Å². The molecule has 0 saturated heterocycles. The van der Waals surface area contributed by atoms with E-state index in [0.29, 0.717) is 0 Å². The van der Waals surface area contributed by atoms with Crippen molar-refractivity contribution in [3.05, 3.63) is 57.3 Å². The molecule has 0 atom stereocenters. The quantitative estimate of drug-likeness (QED) is 0.781. The second kappa shape index (κ2) is 7.78. The van der Waals surface area contributed by atoms with E-state index in [1.807, 2.05) is 0 Å². The second-order valence-electron chi connectivity index (χ2n) is 5.02. The van der Waals surface area contributed by atoms with E-state index in [0.717, 1.165) is 22.7 Å². The normalized spacial score (nSPS) is 11.2. The Morgan fingerprint density at radius 2 is 1.84 bits per heavy atom. The van der Waals surface area contributed by atoms with E-state index in [1.165, 1.54) is 12.1 Å². The molecule has 0 aliphatic rings. The number of nitrogens with zero attached hydrogens (tertiary/aromatic N) is 1. The number of rotatable bonds is 5. The Balaban J connectivity index is 2.27. The lowest BCUT2D eigenvalue weighted by atomic mass is 10.3. The molecule has 0 fully saturated rings. The molecule has 1 amide bonds. The molecule has 134 valence electrons. The summed E-state index contributed by atoms with van der Waals surface area (Å²) in [5.41, 5.74) is 0.297. The van der Waals surface area contributed by atoms with Gasteiger partial charge in [-0.3, -0.25) is 9.10 Å². The first-order chi connectivity index (χ1) is 11.6. The van der Waals surface area contributed by atoms with Crippen molar-refractivity contribution in [2.75, 3.05) is 22.4 Å². The molecule has 2 rings (SSSR count). The summed E-state index contributed by atoms with van der Waals surface area (Å²) in [5.74, 6) is -1.36. The van der Waals surface area contributed by atoms with E-state index >= 15 is 0 Å². The third-order valence-corrected chi connectivity index (χ3v) is 5.35. The fourth-order valence-electron chi connectivity index (χ4n) is 1.96. The van der Waals surface area contributed by atoms with Gasteiger partial charge in [-0.1, -0.05) is 40.9 Å². The summed E-state index contributed by atoms with van der Waals surface area (Å²) in [4.78, 5) is 12.2. The van der Waals surface area contributed by atoms with Crippen molar-refractivity contribution >= 4 is 62.1 Å². The fourth-order valence-corrected chi connectivity index (χ4v) is 3.33. The van der Waals surface area contributed by atoms with Crippen LogP contribution in [0.15, 0.2) is 36.4 Å². The van der Waals surface area contributed by atoms with Gasteiger partial charge in [-0.05, 0) is 30.3 Å². The van der Waals surface area contributed by atoms with Gasteiger partial charge in [0.1, 0.15) is 12.4 Å². The maximum absolute atomic E-state index is 13.3. The first-order valence-corrected chi connectivity index (χ1v) is 9.74. The van der Waals surface area contributed by atoms with Gasteiger partial charge in [-0.15, -0.1) is 0 Å². The molecule has 0 bridgehead atoms. The molecule has 0 aromatic heterocycles. The molecule has 0 radical (unpaired) electrons. The molecule has 0 saturated carbocycles. The van der Waals surface area contributed by atoms with Crippen molar-refractivity contribution < 1.29 is 17.6 Å². The summed E-state index contributed by atoms with van der Waals surface area (Å²) >= 11 is 17.5. The number of amides is 1. The minimum absolute atomic E-state index is 0.0567. The summed E-state index contributed by atoms with van der Waals surface area (Å²) in [6.45, 7) is -0.552. The summed E-state index contributed by atoms with van der Waals surface area (Å²) < 4.78 is 38.1. The van der Waals surface area contributed by atoms with Crippen LogP contribution in [0.25, 0.3) is 0 Å². The zero-order valence-corrected chi connectivity index (χ0v) is 15.8. The van der Waals surface area contributed by atoms with Gasteiger partial charge in [0.05, 0.1) is 32.7 Å². The maximum atomic E-state index is 13.3. The topological polar surface area (TPSA) is 66.5 Å². The van der Waals surface area contributed by atoms with Gasteiger partial charge in [-0.25, -0.2) is 12.8 Å². The Morgan fingerprint density at radius 1 is 1.16 bits per heavy atom. The maximum Gasteiger partial charge on any atom is 0.245 e. The lowest BCUT2D eigenvalue weighted by molar-refractivity contribution is -0.114. The molecular formula is C15H12Cl3FN2O3S. The molecule has 0 unspecified atom stereocenters. The monoisotopic (exact) mass is 424 g/mol. The number of nitrogens with one attached hydrogen (secondary N) is 1. The van der Waals surface area contributed by atoms with Crippen LogP contribution in [0.4, 0.5) is 15.8 Å². The second-order valence-corrected chi connectivity index (χ2v) is 8.12. The molecule has 2 aromatic rings. The predicted molar refractivity (Wildman–Crippen MR) is 98.7 cm³/mol. The molecule has 5 nitrogen and oxygen atoms in total. The zero-order valence-electron chi connectivity index (χ0n) is 12.8. The standard InChI is InChI=1S/C15H12Cl3FN2O3S/c1-25(23,24)21(9-5-6-12(19)11(17)7-9)8-14(22)20-13-4-2-3-10(16)15(13)18/h2-7H,8H2,1H3,(H,20,22). The first kappa shape index (κ1) is 19.8. The minimum Gasteiger partial charge on any atom is -0.323 e. The average Bonchev–Trinajstić information content (AvgIpc) is 2.51. The van der Waals surface area contributed by atoms with Crippen LogP contribution in [0.3, 0.4) is 0 Å². The summed E-state index contributed by atoms with van der Waals surface area (Å²) in [6, 6.07) is 7.99. The van der Waals surface area contributed by atoms with Gasteiger partial charge < -0.3 is 5.32 Å². The molecular weight excluding hydrogens is 414 g/mol. The third kappa shape index (κ3) is 4.98. The molecule has 25 heavy (non-hydrogen) atoms. The largest absolute Gasteiger partial charge is 0.323 e. The van der Waals surface area contributed by atoms with E-state index in [9.17, 15) is 17.6 Å². The Labute approximate surface area is 159 Å². The van der Waals surface area contributed by atoms with E-state index in [1.54, 1.807) is 12.1 Å². The Hall–Kier alpha value is -1.54. The van der Waals surface area contributed by atoms with Crippen LogP contribution in [-0.4, -0.2) is 27.1 Å². The number of anilines is 2. The van der Waals surface area contributed by atoms with Gasteiger partial charge in [0.15, 0.2) is 0 Å². The van der Waals surface area contributed by atoms with Crippen LogP contribution < -0.4 is 9.62 Å². The number of sulfonamides is 1. The van der Waals surface area contributed by atoms with Crippen molar-refractivity contribution in [1.82, 2.24) is 0 Å². The molecule has 2 aromatic carbocycles. The number of halogens is 4. The number of carbonyl (C=O) groups is 1. The van der Waals surface area contributed by atoms with Gasteiger partial charge in [0.25, 0.3) is 0 Å². The number of benzene rings is 2. The van der Waals surface area contributed by atoms with E-state index < -0.39 is 28.3 Å². The van der Waals surface area contributed by atoms with Crippen molar-refractivity contribution in [2.24, 2.45) is 0 Å². The minimum atomic E-state index is -3.82. The van der Waals surface area contributed by atoms with Crippen molar-refractivity contribution in [3.8, 4) is 0 Å². The van der Waals surface area contributed by atoms with Crippen molar-refractivity contribution in [3.63, 3.8) is 0 Å². The zero-order chi connectivity index (χ0) is 18.8. The van der Waals surface area contributed by atoms with Crippen LogP contribution >= 0.6 is 34.8 Å². The molecule has 0 heterocycles. The Bertz CT molecular complexity index is 922. The fraction of sp³-hybridized carbons (Fsp3) is 0.133. The van der Waals surface area contributed by atoms with E-state index in [2.05, 4.69) is 5.32 Å². The van der Waals surface area contributed by atoms with E-state index in [-0.39, 0.29) is 26.4 Å². The first-order valence-electron chi connectivity index (χ1n) is 6.76. The van der Waals surface area contributed by atoms with Crippen molar-refractivity contribution in [1.29, 1.82) is 0 Å². The number of carbonyl (C=O) groups excluding carboxylic acids is 1. The van der Waals surface area contributed by atoms with Gasteiger partial charge in [0.2, 0.25) is 15.9 Å². The molecule has 0 aliphatic carbocycles. The van der Waals surface area contributed by atoms with E-state index in [4.69, 9.17) is 34.8 Å². The number of hydrogen-bond donors (Lipinski definition) is 1. The number of hydrogen-bond acceptors (Lipinski definition) is 3. The smallest absolute Gasteiger partial charge is 0.245 e. The molecule has 0 spiro atoms. The van der Waals surface area contributed by atoms with Crippen LogP contribution in [0.5, 0.6) is 0 Å². The third-order valence-electron chi connectivity index (χ3n) is 3.10. The lowest BCUT2D eigenvalue weighted by Gasteiger charge is -2.22. The lowest BCUT2D eigenvalue weighted by Crippen LogP contribution is -2.37. The highest BCUT2D eigenvalue weighted by Gasteiger charge is 2.22. The molecule has 10 heteroatoms. The Morgan fingerprint density at radius 3 is 2.44 bits per heavy atom. The summed E-state index contributed by atoms with van der Waals surface area (Å²) in [5, 5.41) is 2.59. The van der Waals surface area contributed by atoms with Crippen LogP contribution in [0.1, 0.15) is 0 Å². The molecule has 0 aliphatic heterocycles. The SMILES string of the molecule is CS(=O)(=O)N(CC(=O)Nc1cccc(Cl)c1Cl)c1ccc(F)c(Cl)c1. The highest BCUT2D eigenvalue weighted by atomic mass is 35.5. The molecule has 1 N–H and O–H groups in total. The van der Waals surface area contributed by atoms with Gasteiger partial charge in [-0.2, -0.15) is 0 Å². The predicted octanol–water partition coefficient (Wildman–Crippen LogP) is 4.19. The average molecular weight is 426 g/mol. The Kier molecular flexibility index (Phi) is 6.16. The van der Waals surface area contributed by atoms with Crippen LogP contribution in [0, 0.1) is 5.82 Å². The van der Waals surface area contributed by atoms with Crippen molar-refractivity contribution in [2.45, 2.75) is 0 Å². The highest BCUT2D eigenvalue weighted by Crippen LogP contribution is 2.30. The van der Waals surface area contributed by atoms with Crippen LogP contribution in [0.2, 0.25) is 15.1 Å². The highest BCUT2D eigenvalue weighted by molar-refractivity contribution is 7.92.